The van der Waals surface area contributed by atoms with Gasteiger partial charge < -0.3 is 19.9 Å². The summed E-state index contributed by atoms with van der Waals surface area (Å²) in [4.78, 5) is 0. The highest BCUT2D eigenvalue weighted by Gasteiger charge is 2.16. The molecule has 0 aliphatic heterocycles. The van der Waals surface area contributed by atoms with Gasteiger partial charge in [0.05, 0.1) is 13.7 Å². The molecule has 0 heterocycles. The van der Waals surface area contributed by atoms with Gasteiger partial charge in [0.2, 0.25) is 0 Å². The molecule has 120 valence electrons. The highest BCUT2D eigenvalue weighted by Crippen LogP contribution is 2.28. The van der Waals surface area contributed by atoms with Crippen LogP contribution in [0.15, 0.2) is 18.2 Å². The van der Waals surface area contributed by atoms with Gasteiger partial charge in [0.1, 0.15) is 0 Å². The summed E-state index contributed by atoms with van der Waals surface area (Å²) in [6, 6.07) is 6.02. The average molecular weight is 295 g/mol. The van der Waals surface area contributed by atoms with Gasteiger partial charge in [-0.2, -0.15) is 0 Å². The van der Waals surface area contributed by atoms with Crippen molar-refractivity contribution in [2.45, 2.75) is 40.2 Å². The molecule has 0 fully saturated rings. The van der Waals surface area contributed by atoms with Crippen LogP contribution in [0.3, 0.4) is 0 Å². The van der Waals surface area contributed by atoms with Crippen LogP contribution < -0.4 is 14.8 Å². The third kappa shape index (κ3) is 6.36. The van der Waals surface area contributed by atoms with Crippen molar-refractivity contribution in [2.24, 2.45) is 5.41 Å². The molecule has 0 aliphatic rings. The largest absolute Gasteiger partial charge is 0.493 e. The number of ether oxygens (including phenoxy) is 2. The first-order chi connectivity index (χ1) is 10.0. The van der Waals surface area contributed by atoms with Gasteiger partial charge in [-0.05, 0) is 42.9 Å². The van der Waals surface area contributed by atoms with E-state index >= 15 is 0 Å². The van der Waals surface area contributed by atoms with Crippen LogP contribution in [0.1, 0.15) is 39.2 Å². The number of methoxy groups -OCH3 is 1. The Kier molecular flexibility index (Phi) is 7.54. The topological polar surface area (TPSA) is 50.7 Å². The second-order valence-electron chi connectivity index (χ2n) is 6.01. The van der Waals surface area contributed by atoms with E-state index < -0.39 is 0 Å². The molecule has 4 heteroatoms. The smallest absolute Gasteiger partial charge is 0.161 e. The molecule has 0 unspecified atom stereocenters. The van der Waals surface area contributed by atoms with Crippen molar-refractivity contribution in [2.75, 3.05) is 26.9 Å². The van der Waals surface area contributed by atoms with E-state index in [2.05, 4.69) is 25.2 Å². The zero-order valence-corrected chi connectivity index (χ0v) is 13.7. The average Bonchev–Trinajstić information content (AvgIpc) is 2.46. The fourth-order valence-electron chi connectivity index (χ4n) is 2.29. The van der Waals surface area contributed by atoms with Gasteiger partial charge in [0.25, 0.3) is 0 Å². The lowest BCUT2D eigenvalue weighted by molar-refractivity contribution is 0.236. The van der Waals surface area contributed by atoms with Crippen LogP contribution in [0, 0.1) is 5.41 Å². The van der Waals surface area contributed by atoms with Crippen LogP contribution in [-0.2, 0) is 6.54 Å². The number of aliphatic hydroxyl groups is 1. The van der Waals surface area contributed by atoms with Gasteiger partial charge in [0.15, 0.2) is 11.5 Å². The van der Waals surface area contributed by atoms with Gasteiger partial charge in [-0.25, -0.2) is 0 Å². The summed E-state index contributed by atoms with van der Waals surface area (Å²) < 4.78 is 10.9. The number of aliphatic hydroxyl groups excluding tert-OH is 1. The summed E-state index contributed by atoms with van der Waals surface area (Å²) >= 11 is 0. The molecular formula is C17H29NO3. The van der Waals surface area contributed by atoms with Crippen LogP contribution in [-0.4, -0.2) is 32.0 Å². The van der Waals surface area contributed by atoms with Crippen molar-refractivity contribution < 1.29 is 14.6 Å². The van der Waals surface area contributed by atoms with Crippen molar-refractivity contribution in [3.63, 3.8) is 0 Å². The highest BCUT2D eigenvalue weighted by atomic mass is 16.5. The standard InChI is InChI=1S/C17H29NO3/c1-5-21-16-11-14(7-8-15(16)20-4)12-18-13-17(2,3)9-6-10-19/h7-8,11,18-19H,5-6,9-10,12-13H2,1-4H3. The van der Waals surface area contributed by atoms with Crippen molar-refractivity contribution in [3.05, 3.63) is 23.8 Å². The summed E-state index contributed by atoms with van der Waals surface area (Å²) in [6.07, 6.45) is 1.87. The molecule has 1 rings (SSSR count). The Labute approximate surface area is 128 Å². The second kappa shape index (κ2) is 8.90. The van der Waals surface area contributed by atoms with E-state index in [1.807, 2.05) is 19.1 Å². The van der Waals surface area contributed by atoms with Crippen LogP contribution in [0.4, 0.5) is 0 Å². The van der Waals surface area contributed by atoms with Gasteiger partial charge in [-0.3, -0.25) is 0 Å². The minimum atomic E-state index is 0.192. The van der Waals surface area contributed by atoms with Crippen molar-refractivity contribution in [1.29, 1.82) is 0 Å². The monoisotopic (exact) mass is 295 g/mol. The normalized spacial score (nSPS) is 11.5. The molecule has 21 heavy (non-hydrogen) atoms. The number of nitrogens with one attached hydrogen (secondary N) is 1. The van der Waals surface area contributed by atoms with E-state index in [0.29, 0.717) is 6.61 Å². The maximum absolute atomic E-state index is 8.92. The molecule has 1 aromatic carbocycles. The van der Waals surface area contributed by atoms with Gasteiger partial charge in [-0.1, -0.05) is 19.9 Å². The van der Waals surface area contributed by atoms with E-state index in [1.165, 1.54) is 5.56 Å². The third-order valence-electron chi connectivity index (χ3n) is 3.47. The lowest BCUT2D eigenvalue weighted by Gasteiger charge is -2.24. The Morgan fingerprint density at radius 3 is 2.62 bits per heavy atom. The highest BCUT2D eigenvalue weighted by molar-refractivity contribution is 5.42. The number of hydrogen-bond acceptors (Lipinski definition) is 4. The molecule has 0 aliphatic carbocycles. The molecular weight excluding hydrogens is 266 g/mol. The predicted octanol–water partition coefficient (Wildman–Crippen LogP) is 2.98. The first-order valence-electron chi connectivity index (χ1n) is 7.63. The Hall–Kier alpha value is -1.26. The van der Waals surface area contributed by atoms with Crippen LogP contribution in [0.2, 0.25) is 0 Å². The molecule has 0 amide bonds. The minimum Gasteiger partial charge on any atom is -0.493 e. The first kappa shape index (κ1) is 17.8. The molecule has 0 radical (unpaired) electrons. The van der Waals surface area contributed by atoms with Crippen molar-refractivity contribution in [1.82, 2.24) is 5.32 Å². The van der Waals surface area contributed by atoms with Crippen LogP contribution in [0.25, 0.3) is 0 Å². The molecule has 2 N–H and O–H groups in total. The fraction of sp³-hybridized carbons (Fsp3) is 0.647. The van der Waals surface area contributed by atoms with E-state index in [-0.39, 0.29) is 12.0 Å². The Balaban J connectivity index is 2.53. The summed E-state index contributed by atoms with van der Waals surface area (Å²) in [6.45, 7) is 9.01. The summed E-state index contributed by atoms with van der Waals surface area (Å²) in [5, 5.41) is 12.4. The molecule has 1 aromatic rings. The molecule has 0 saturated carbocycles. The predicted molar refractivity (Wildman–Crippen MR) is 86.0 cm³/mol. The molecule has 0 aromatic heterocycles. The van der Waals surface area contributed by atoms with E-state index in [0.717, 1.165) is 37.4 Å². The van der Waals surface area contributed by atoms with Crippen LogP contribution >= 0.6 is 0 Å². The molecule has 0 bridgehead atoms. The Morgan fingerprint density at radius 2 is 2.00 bits per heavy atom. The van der Waals surface area contributed by atoms with Gasteiger partial charge in [-0.15, -0.1) is 0 Å². The first-order valence-corrected chi connectivity index (χ1v) is 7.63. The summed E-state index contributed by atoms with van der Waals surface area (Å²) in [5.74, 6) is 1.56. The van der Waals surface area contributed by atoms with E-state index in [4.69, 9.17) is 14.6 Å². The number of hydrogen-bond donors (Lipinski definition) is 2. The van der Waals surface area contributed by atoms with E-state index in [1.54, 1.807) is 7.11 Å². The number of benzene rings is 1. The van der Waals surface area contributed by atoms with Crippen molar-refractivity contribution in [3.8, 4) is 11.5 Å². The SMILES string of the molecule is CCOc1cc(CNCC(C)(C)CCCO)ccc1OC. The maximum Gasteiger partial charge on any atom is 0.161 e. The zero-order chi connectivity index (χ0) is 15.7. The molecule has 4 nitrogen and oxygen atoms in total. The van der Waals surface area contributed by atoms with E-state index in [9.17, 15) is 0 Å². The molecule has 0 saturated heterocycles. The second-order valence-corrected chi connectivity index (χ2v) is 6.01. The Morgan fingerprint density at radius 1 is 1.24 bits per heavy atom. The Bertz CT molecular complexity index is 418. The molecule has 0 atom stereocenters. The molecule has 0 spiro atoms. The lowest BCUT2D eigenvalue weighted by Crippen LogP contribution is -2.29. The van der Waals surface area contributed by atoms with Crippen LogP contribution in [0.5, 0.6) is 11.5 Å². The van der Waals surface area contributed by atoms with Gasteiger partial charge >= 0.3 is 0 Å². The van der Waals surface area contributed by atoms with Crippen molar-refractivity contribution >= 4 is 0 Å². The zero-order valence-electron chi connectivity index (χ0n) is 13.7. The van der Waals surface area contributed by atoms with Gasteiger partial charge in [0, 0.05) is 19.7 Å². The fourth-order valence-corrected chi connectivity index (χ4v) is 2.29. The maximum atomic E-state index is 8.92. The lowest BCUT2D eigenvalue weighted by atomic mass is 9.88. The summed E-state index contributed by atoms with van der Waals surface area (Å²) in [5.41, 5.74) is 1.37. The quantitative estimate of drug-likeness (QED) is 0.697. The number of rotatable bonds is 10. The minimum absolute atomic E-state index is 0.192. The summed E-state index contributed by atoms with van der Waals surface area (Å²) in [7, 11) is 1.65. The third-order valence-corrected chi connectivity index (χ3v) is 3.47.